The number of methoxy groups -OCH3 is 3. The van der Waals surface area contributed by atoms with Gasteiger partial charge in [-0.15, -0.1) is 5.10 Å². The molecule has 5 rings (SSSR count). The van der Waals surface area contributed by atoms with E-state index in [2.05, 4.69) is 34.2 Å². The summed E-state index contributed by atoms with van der Waals surface area (Å²) >= 11 is 0. The quantitative estimate of drug-likeness (QED) is 0.419. The first-order valence-corrected chi connectivity index (χ1v) is 9.74. The first-order valence-electron chi connectivity index (χ1n) is 9.74. The number of benzene rings is 3. The molecule has 0 aliphatic rings. The van der Waals surface area contributed by atoms with Crippen LogP contribution in [0.2, 0.25) is 0 Å². The summed E-state index contributed by atoms with van der Waals surface area (Å²) in [7, 11) is 4.74. The molecule has 2 heterocycles. The average Bonchev–Trinajstić information content (AvgIpc) is 3.27. The second-order valence-corrected chi connectivity index (χ2v) is 6.92. The average molecular weight is 412 g/mol. The summed E-state index contributed by atoms with van der Waals surface area (Å²) in [4.78, 5) is 9.06. The summed E-state index contributed by atoms with van der Waals surface area (Å²) in [6.45, 7) is 0. The van der Waals surface area contributed by atoms with Crippen molar-refractivity contribution in [3.8, 4) is 39.9 Å². The maximum absolute atomic E-state index is 5.47. The van der Waals surface area contributed by atoms with Crippen LogP contribution in [-0.2, 0) is 0 Å². The molecule has 0 fully saturated rings. The van der Waals surface area contributed by atoms with E-state index in [0.29, 0.717) is 28.9 Å². The summed E-state index contributed by atoms with van der Waals surface area (Å²) in [5, 5.41) is 7.07. The van der Waals surface area contributed by atoms with Crippen LogP contribution < -0.4 is 14.2 Å². The van der Waals surface area contributed by atoms with Crippen molar-refractivity contribution >= 4 is 16.6 Å². The molecule has 0 saturated heterocycles. The lowest BCUT2D eigenvalue weighted by Gasteiger charge is -2.12. The van der Waals surface area contributed by atoms with Gasteiger partial charge in [0.1, 0.15) is 0 Å². The number of hydrogen-bond donors (Lipinski definition) is 0. The van der Waals surface area contributed by atoms with Crippen molar-refractivity contribution in [2.45, 2.75) is 0 Å². The third kappa shape index (κ3) is 3.11. The Labute approximate surface area is 178 Å². The Hall–Kier alpha value is -4.13. The molecule has 0 spiro atoms. The molecule has 0 bridgehead atoms. The van der Waals surface area contributed by atoms with E-state index in [9.17, 15) is 0 Å². The van der Waals surface area contributed by atoms with Crippen LogP contribution in [0.15, 0.2) is 66.9 Å². The highest BCUT2D eigenvalue weighted by Crippen LogP contribution is 2.40. The third-order valence-corrected chi connectivity index (χ3v) is 5.23. The molecule has 0 aliphatic heterocycles. The monoisotopic (exact) mass is 412 g/mol. The van der Waals surface area contributed by atoms with E-state index in [1.807, 2.05) is 36.4 Å². The van der Waals surface area contributed by atoms with Gasteiger partial charge in [-0.1, -0.05) is 42.5 Å². The number of aromatic nitrogens is 4. The van der Waals surface area contributed by atoms with Crippen molar-refractivity contribution in [1.29, 1.82) is 0 Å². The van der Waals surface area contributed by atoms with Gasteiger partial charge in [0.05, 0.1) is 27.0 Å². The van der Waals surface area contributed by atoms with Crippen LogP contribution >= 0.6 is 0 Å². The lowest BCUT2D eigenvalue weighted by molar-refractivity contribution is 0.324. The normalized spacial score (nSPS) is 11.1. The smallest absolute Gasteiger partial charge is 0.253 e. The van der Waals surface area contributed by atoms with Gasteiger partial charge in [-0.05, 0) is 29.0 Å². The van der Waals surface area contributed by atoms with Crippen LogP contribution in [0.1, 0.15) is 0 Å². The second-order valence-electron chi connectivity index (χ2n) is 6.92. The lowest BCUT2D eigenvalue weighted by Crippen LogP contribution is -1.97. The van der Waals surface area contributed by atoms with E-state index >= 15 is 0 Å². The Balaban J connectivity index is 1.71. The topological polar surface area (TPSA) is 70.8 Å². The molecule has 7 heteroatoms. The minimum atomic E-state index is 0.509. The predicted molar refractivity (Wildman–Crippen MR) is 119 cm³/mol. The molecule has 5 aromatic rings. The first kappa shape index (κ1) is 18.9. The van der Waals surface area contributed by atoms with E-state index in [1.165, 1.54) is 0 Å². The zero-order valence-electron chi connectivity index (χ0n) is 17.4. The molecule has 0 amide bonds. The summed E-state index contributed by atoms with van der Waals surface area (Å²) in [6.07, 6.45) is 1.75. The van der Waals surface area contributed by atoms with Crippen molar-refractivity contribution in [3.05, 3.63) is 66.9 Å². The Morgan fingerprint density at radius 3 is 2.29 bits per heavy atom. The molecule has 31 heavy (non-hydrogen) atoms. The highest BCUT2D eigenvalue weighted by atomic mass is 16.5. The maximum Gasteiger partial charge on any atom is 0.253 e. The molecule has 0 unspecified atom stereocenters. The van der Waals surface area contributed by atoms with Crippen molar-refractivity contribution in [2.24, 2.45) is 0 Å². The van der Waals surface area contributed by atoms with E-state index in [4.69, 9.17) is 19.3 Å². The Morgan fingerprint density at radius 2 is 1.55 bits per heavy atom. The van der Waals surface area contributed by atoms with Crippen molar-refractivity contribution < 1.29 is 14.2 Å². The molecule has 0 saturated carbocycles. The van der Waals surface area contributed by atoms with Gasteiger partial charge in [-0.2, -0.15) is 9.50 Å². The van der Waals surface area contributed by atoms with E-state index in [-0.39, 0.29) is 0 Å². The van der Waals surface area contributed by atoms with Crippen LogP contribution in [0.25, 0.3) is 39.2 Å². The molecule has 7 nitrogen and oxygen atoms in total. The number of fused-ring (bicyclic) bond motifs is 2. The molecule has 2 aromatic heterocycles. The third-order valence-electron chi connectivity index (χ3n) is 5.23. The standard InChI is InChI=1S/C24H20N4O3/c1-29-20-13-16(14-21(30-2)22(20)31-3)23-26-24-25-12-11-19(28(24)27-23)18-10-6-8-15-7-4-5-9-17(15)18/h4-14H,1-3H3. The first-order chi connectivity index (χ1) is 15.2. The molecule has 0 aliphatic carbocycles. The van der Waals surface area contributed by atoms with Gasteiger partial charge in [-0.25, -0.2) is 4.98 Å². The minimum Gasteiger partial charge on any atom is -0.493 e. The minimum absolute atomic E-state index is 0.509. The second kappa shape index (κ2) is 7.60. The molecule has 0 radical (unpaired) electrons. The summed E-state index contributed by atoms with van der Waals surface area (Å²) < 4.78 is 18.1. The largest absolute Gasteiger partial charge is 0.493 e. The highest BCUT2D eigenvalue weighted by Gasteiger charge is 2.18. The van der Waals surface area contributed by atoms with Gasteiger partial charge in [0.25, 0.3) is 5.78 Å². The van der Waals surface area contributed by atoms with Crippen LogP contribution in [-0.4, -0.2) is 40.9 Å². The number of nitrogens with zero attached hydrogens (tertiary/aromatic N) is 4. The van der Waals surface area contributed by atoms with Gasteiger partial charge in [0.15, 0.2) is 17.3 Å². The van der Waals surface area contributed by atoms with Gasteiger partial charge < -0.3 is 14.2 Å². The Morgan fingerprint density at radius 1 is 0.806 bits per heavy atom. The van der Waals surface area contributed by atoms with E-state index in [1.54, 1.807) is 32.0 Å². The zero-order chi connectivity index (χ0) is 21.4. The summed E-state index contributed by atoms with van der Waals surface area (Å²) in [5.41, 5.74) is 2.71. The van der Waals surface area contributed by atoms with Crippen LogP contribution in [0, 0.1) is 0 Å². The SMILES string of the molecule is COc1cc(-c2nc3nccc(-c4cccc5ccccc45)n3n2)cc(OC)c1OC. The fourth-order valence-electron chi connectivity index (χ4n) is 3.78. The van der Waals surface area contributed by atoms with Crippen LogP contribution in [0.5, 0.6) is 17.2 Å². The molecule has 0 N–H and O–H groups in total. The van der Waals surface area contributed by atoms with Crippen molar-refractivity contribution in [2.75, 3.05) is 21.3 Å². The van der Waals surface area contributed by atoms with E-state index < -0.39 is 0 Å². The molecule has 0 atom stereocenters. The van der Waals surface area contributed by atoms with Gasteiger partial charge in [0.2, 0.25) is 5.75 Å². The van der Waals surface area contributed by atoms with Crippen LogP contribution in [0.3, 0.4) is 0 Å². The predicted octanol–water partition coefficient (Wildman–Crippen LogP) is 4.64. The zero-order valence-corrected chi connectivity index (χ0v) is 17.4. The van der Waals surface area contributed by atoms with Gasteiger partial charge >= 0.3 is 0 Å². The maximum atomic E-state index is 5.47. The Bertz CT molecular complexity index is 1380. The van der Waals surface area contributed by atoms with Crippen molar-refractivity contribution in [3.63, 3.8) is 0 Å². The van der Waals surface area contributed by atoms with E-state index in [0.717, 1.165) is 27.6 Å². The molecule has 154 valence electrons. The number of ether oxygens (including phenoxy) is 3. The molecular weight excluding hydrogens is 392 g/mol. The summed E-state index contributed by atoms with van der Waals surface area (Å²) in [5.74, 6) is 2.62. The van der Waals surface area contributed by atoms with Gasteiger partial charge in [-0.3, -0.25) is 0 Å². The molecular formula is C24H20N4O3. The lowest BCUT2D eigenvalue weighted by atomic mass is 10.0. The molecule has 3 aromatic carbocycles. The van der Waals surface area contributed by atoms with Crippen LogP contribution in [0.4, 0.5) is 0 Å². The van der Waals surface area contributed by atoms with Gasteiger partial charge in [0, 0.05) is 17.3 Å². The summed E-state index contributed by atoms with van der Waals surface area (Å²) in [6, 6.07) is 20.1. The number of rotatable bonds is 5. The highest BCUT2D eigenvalue weighted by molar-refractivity contribution is 5.96. The number of hydrogen-bond acceptors (Lipinski definition) is 6. The Kier molecular flexibility index (Phi) is 4.63. The fourth-order valence-corrected chi connectivity index (χ4v) is 3.78. The van der Waals surface area contributed by atoms with Crippen molar-refractivity contribution in [1.82, 2.24) is 19.6 Å². The fraction of sp³-hybridized carbons (Fsp3) is 0.125.